The number of hydrogen-bond acceptors (Lipinski definition) is 4. The fraction of sp³-hybridized carbons (Fsp3) is 0.923. The molecule has 1 saturated heterocycles. The molecule has 1 heterocycles. The van der Waals surface area contributed by atoms with Crippen molar-refractivity contribution < 1.29 is 4.79 Å². The summed E-state index contributed by atoms with van der Waals surface area (Å²) in [4.78, 5) is 18.7. The van der Waals surface area contributed by atoms with E-state index < -0.39 is 0 Å². The van der Waals surface area contributed by atoms with Gasteiger partial charge in [-0.1, -0.05) is 0 Å². The van der Waals surface area contributed by atoms with Gasteiger partial charge >= 0.3 is 0 Å². The van der Waals surface area contributed by atoms with Gasteiger partial charge in [0.05, 0.1) is 0 Å². The van der Waals surface area contributed by atoms with Crippen molar-refractivity contribution in [3.63, 3.8) is 0 Å². The highest BCUT2D eigenvalue weighted by molar-refractivity contribution is 5.82. The lowest BCUT2D eigenvalue weighted by molar-refractivity contribution is -0.137. The maximum absolute atomic E-state index is 12.5. The van der Waals surface area contributed by atoms with Gasteiger partial charge in [0.25, 0.3) is 0 Å². The van der Waals surface area contributed by atoms with Gasteiger partial charge in [-0.2, -0.15) is 0 Å². The van der Waals surface area contributed by atoms with E-state index in [2.05, 4.69) is 22.0 Å². The summed E-state index contributed by atoms with van der Waals surface area (Å²) in [5.74, 6) is 0.251. The van der Waals surface area contributed by atoms with Gasteiger partial charge in [0, 0.05) is 38.8 Å². The van der Waals surface area contributed by atoms with Crippen LogP contribution in [0.15, 0.2) is 0 Å². The van der Waals surface area contributed by atoms with Crippen molar-refractivity contribution in [1.29, 1.82) is 0 Å². The lowest BCUT2D eigenvalue weighted by Crippen LogP contribution is -2.60. The van der Waals surface area contributed by atoms with Crippen molar-refractivity contribution in [2.45, 2.75) is 25.9 Å². The third-order valence-electron chi connectivity index (χ3n) is 3.55. The van der Waals surface area contributed by atoms with Gasteiger partial charge < -0.3 is 15.1 Å². The lowest BCUT2D eigenvalue weighted by atomic mass is 10.1. The molecular formula is C13H28N4O. The minimum atomic E-state index is -0.0108. The van der Waals surface area contributed by atoms with Crippen LogP contribution in [0.25, 0.3) is 0 Å². The molecule has 2 atom stereocenters. The van der Waals surface area contributed by atoms with Crippen LogP contribution in [0.1, 0.15) is 13.8 Å². The van der Waals surface area contributed by atoms with Crippen LogP contribution in [0.2, 0.25) is 0 Å². The van der Waals surface area contributed by atoms with E-state index in [1.165, 1.54) is 0 Å². The summed E-state index contributed by atoms with van der Waals surface area (Å²) in [5, 5.41) is 3.39. The van der Waals surface area contributed by atoms with E-state index in [1.54, 1.807) is 0 Å². The van der Waals surface area contributed by atoms with Crippen molar-refractivity contribution in [2.24, 2.45) is 0 Å². The highest BCUT2D eigenvalue weighted by Gasteiger charge is 2.31. The maximum atomic E-state index is 12.5. The van der Waals surface area contributed by atoms with Crippen LogP contribution in [0.5, 0.6) is 0 Å². The first-order valence-electron chi connectivity index (χ1n) is 6.82. The Morgan fingerprint density at radius 3 is 2.56 bits per heavy atom. The molecule has 5 heteroatoms. The number of amides is 1. The Morgan fingerprint density at radius 2 is 2.06 bits per heavy atom. The quantitative estimate of drug-likeness (QED) is 0.732. The van der Waals surface area contributed by atoms with Gasteiger partial charge in [0.15, 0.2) is 0 Å². The third kappa shape index (κ3) is 4.23. The molecule has 0 spiro atoms. The molecule has 0 aromatic heterocycles. The number of nitrogens with one attached hydrogen (secondary N) is 1. The molecule has 0 aliphatic carbocycles. The fourth-order valence-corrected chi connectivity index (χ4v) is 2.32. The van der Waals surface area contributed by atoms with Gasteiger partial charge in [-0.15, -0.1) is 0 Å². The summed E-state index contributed by atoms with van der Waals surface area (Å²) < 4.78 is 0. The summed E-state index contributed by atoms with van der Waals surface area (Å²) in [6, 6.07) is 0.458. The molecule has 0 aromatic carbocycles. The maximum Gasteiger partial charge on any atom is 0.241 e. The molecule has 106 valence electrons. The van der Waals surface area contributed by atoms with E-state index in [0.717, 1.165) is 32.7 Å². The number of hydrogen-bond donors (Lipinski definition) is 1. The summed E-state index contributed by atoms with van der Waals surface area (Å²) >= 11 is 0. The Hall–Kier alpha value is -0.650. The molecule has 1 amide bonds. The average molecular weight is 256 g/mol. The number of nitrogens with zero attached hydrogens (tertiary/aromatic N) is 3. The van der Waals surface area contributed by atoms with E-state index in [9.17, 15) is 4.79 Å². The van der Waals surface area contributed by atoms with Gasteiger partial charge in [-0.25, -0.2) is 0 Å². The van der Waals surface area contributed by atoms with E-state index >= 15 is 0 Å². The monoisotopic (exact) mass is 256 g/mol. The first-order chi connectivity index (χ1) is 8.45. The lowest BCUT2D eigenvalue weighted by Gasteiger charge is -2.38. The highest BCUT2D eigenvalue weighted by atomic mass is 16.2. The second-order valence-electron chi connectivity index (χ2n) is 5.49. The van der Waals surface area contributed by atoms with E-state index in [0.29, 0.717) is 6.04 Å². The standard InChI is InChI=1S/C13H28N4O/c1-6-17(8-7-15(3)4)13(18)12-9-14-11(2)10-16(12)5/h11-12,14H,6-10H2,1-5H3/t11-,12-/m1/s1. The Kier molecular flexibility index (Phi) is 6.05. The van der Waals surface area contributed by atoms with Crippen LogP contribution in [0.4, 0.5) is 0 Å². The van der Waals surface area contributed by atoms with Gasteiger partial charge in [-0.05, 0) is 35.0 Å². The number of piperazine rings is 1. The third-order valence-corrected chi connectivity index (χ3v) is 3.55. The minimum absolute atomic E-state index is 0.0108. The average Bonchev–Trinajstić information content (AvgIpc) is 2.29. The molecule has 1 rings (SSSR count). The highest BCUT2D eigenvalue weighted by Crippen LogP contribution is 2.08. The van der Waals surface area contributed by atoms with Crippen LogP contribution in [0.3, 0.4) is 0 Å². The van der Waals surface area contributed by atoms with Crippen molar-refractivity contribution in [3.05, 3.63) is 0 Å². The Labute approximate surface area is 111 Å². The van der Waals surface area contributed by atoms with Gasteiger partial charge in [-0.3, -0.25) is 9.69 Å². The molecule has 1 N–H and O–H groups in total. The fourth-order valence-electron chi connectivity index (χ4n) is 2.32. The predicted octanol–water partition coefficient (Wildman–Crippen LogP) is -0.311. The Balaban J connectivity index is 2.54. The zero-order valence-corrected chi connectivity index (χ0v) is 12.4. The number of carbonyl (C=O) groups is 1. The molecular weight excluding hydrogens is 228 g/mol. The largest absolute Gasteiger partial charge is 0.340 e. The minimum Gasteiger partial charge on any atom is -0.340 e. The summed E-state index contributed by atoms with van der Waals surface area (Å²) in [7, 11) is 6.11. The zero-order valence-electron chi connectivity index (χ0n) is 12.4. The Bertz CT molecular complexity index is 270. The predicted molar refractivity (Wildman–Crippen MR) is 74.7 cm³/mol. The normalized spacial score (nSPS) is 25.4. The zero-order chi connectivity index (χ0) is 13.7. The summed E-state index contributed by atoms with van der Waals surface area (Å²) in [6.45, 7) is 8.40. The van der Waals surface area contributed by atoms with Crippen LogP contribution in [-0.4, -0.2) is 86.6 Å². The molecule has 1 aliphatic heterocycles. The first kappa shape index (κ1) is 15.4. The molecule has 0 radical (unpaired) electrons. The van der Waals surface area contributed by atoms with Crippen LogP contribution >= 0.6 is 0 Å². The number of likely N-dealkylation sites (N-methyl/N-ethyl adjacent to an activating group) is 3. The SMILES string of the molecule is CCN(CCN(C)C)C(=O)[C@H]1CN[C@H](C)CN1C. The van der Waals surface area contributed by atoms with Gasteiger partial charge in [0.2, 0.25) is 5.91 Å². The van der Waals surface area contributed by atoms with Crippen molar-refractivity contribution in [1.82, 2.24) is 20.0 Å². The van der Waals surface area contributed by atoms with E-state index in [-0.39, 0.29) is 11.9 Å². The second-order valence-corrected chi connectivity index (χ2v) is 5.49. The molecule has 18 heavy (non-hydrogen) atoms. The molecule has 5 nitrogen and oxygen atoms in total. The van der Waals surface area contributed by atoms with Crippen LogP contribution in [0, 0.1) is 0 Å². The van der Waals surface area contributed by atoms with E-state index in [1.807, 2.05) is 33.0 Å². The summed E-state index contributed by atoms with van der Waals surface area (Å²) in [5.41, 5.74) is 0. The van der Waals surface area contributed by atoms with E-state index in [4.69, 9.17) is 0 Å². The summed E-state index contributed by atoms with van der Waals surface area (Å²) in [6.07, 6.45) is 0. The Morgan fingerprint density at radius 1 is 1.39 bits per heavy atom. The number of carbonyl (C=O) groups excluding carboxylic acids is 1. The first-order valence-corrected chi connectivity index (χ1v) is 6.82. The van der Waals surface area contributed by atoms with Crippen molar-refractivity contribution in [2.75, 3.05) is 53.9 Å². The van der Waals surface area contributed by atoms with Crippen molar-refractivity contribution in [3.8, 4) is 0 Å². The molecule has 0 bridgehead atoms. The molecule has 1 fully saturated rings. The molecule has 0 unspecified atom stereocenters. The topological polar surface area (TPSA) is 38.8 Å². The van der Waals surface area contributed by atoms with Crippen molar-refractivity contribution >= 4 is 5.91 Å². The smallest absolute Gasteiger partial charge is 0.241 e. The molecule has 0 aromatic rings. The van der Waals surface area contributed by atoms with Crippen LogP contribution < -0.4 is 5.32 Å². The number of rotatable bonds is 5. The van der Waals surface area contributed by atoms with Crippen LogP contribution in [-0.2, 0) is 4.79 Å². The van der Waals surface area contributed by atoms with Gasteiger partial charge in [0.1, 0.15) is 6.04 Å². The molecule has 0 saturated carbocycles. The molecule has 1 aliphatic rings. The second kappa shape index (κ2) is 7.07.